The molecule has 2 aliphatic rings. The number of carboxylic acids is 1. The van der Waals surface area contributed by atoms with Gasteiger partial charge in [0.15, 0.2) is 24.3 Å². The lowest BCUT2D eigenvalue weighted by atomic mass is 9.94. The van der Waals surface area contributed by atoms with Crippen LogP contribution < -0.4 is 0 Å². The van der Waals surface area contributed by atoms with Crippen LogP contribution in [0.2, 0.25) is 0 Å². The van der Waals surface area contributed by atoms with Crippen LogP contribution in [0.1, 0.15) is 32.1 Å². The van der Waals surface area contributed by atoms with E-state index in [-0.39, 0.29) is 0 Å². The molecule has 0 aromatic carbocycles. The second-order valence-corrected chi connectivity index (χ2v) is 4.07. The Kier molecular flexibility index (Phi) is 2.75. The van der Waals surface area contributed by atoms with E-state index in [0.717, 1.165) is 19.3 Å². The minimum Gasteiger partial charge on any atom is -0.479 e. The summed E-state index contributed by atoms with van der Waals surface area (Å²) in [6, 6.07) is 0. The molecule has 0 bridgehead atoms. The van der Waals surface area contributed by atoms with Gasteiger partial charge in [0.05, 0.1) is 0 Å². The van der Waals surface area contributed by atoms with Crippen molar-refractivity contribution in [1.82, 2.24) is 0 Å². The maximum atomic E-state index is 10.8. The van der Waals surface area contributed by atoms with Crippen molar-refractivity contribution >= 4 is 12.3 Å². The summed E-state index contributed by atoms with van der Waals surface area (Å²) in [5.74, 6) is -1.94. The van der Waals surface area contributed by atoms with Crippen molar-refractivity contribution in [2.45, 2.75) is 50.1 Å². The highest BCUT2D eigenvalue weighted by atomic mass is 16.8. The fraction of sp³-hybridized carbons (Fsp3) is 0.800. The lowest BCUT2D eigenvalue weighted by molar-refractivity contribution is -0.197. The van der Waals surface area contributed by atoms with Crippen molar-refractivity contribution in [3.05, 3.63) is 0 Å². The average Bonchev–Trinajstić information content (AvgIpc) is 2.58. The maximum absolute atomic E-state index is 10.8. The fourth-order valence-corrected chi connectivity index (χ4v) is 2.25. The zero-order chi connectivity index (χ0) is 10.9. The SMILES string of the molecule is O=C[C@H]1OC2(CCCCC2)O[C@H]1C(=O)O. The van der Waals surface area contributed by atoms with Crippen LogP contribution in [-0.2, 0) is 19.1 Å². The lowest BCUT2D eigenvalue weighted by Gasteiger charge is -2.31. The molecule has 2 rings (SSSR count). The summed E-state index contributed by atoms with van der Waals surface area (Å²) in [4.78, 5) is 21.5. The second kappa shape index (κ2) is 3.90. The number of rotatable bonds is 2. The van der Waals surface area contributed by atoms with E-state index in [2.05, 4.69) is 0 Å². The molecule has 0 unspecified atom stereocenters. The number of ether oxygens (including phenoxy) is 2. The third-order valence-electron chi connectivity index (χ3n) is 2.98. The van der Waals surface area contributed by atoms with Gasteiger partial charge in [-0.05, 0) is 12.8 Å². The Morgan fingerprint density at radius 2 is 1.93 bits per heavy atom. The highest BCUT2D eigenvalue weighted by Crippen LogP contribution is 2.39. The van der Waals surface area contributed by atoms with E-state index in [1.54, 1.807) is 0 Å². The number of aldehydes is 1. The predicted molar refractivity (Wildman–Crippen MR) is 49.3 cm³/mol. The van der Waals surface area contributed by atoms with E-state index in [4.69, 9.17) is 14.6 Å². The molecule has 1 heterocycles. The number of hydrogen-bond acceptors (Lipinski definition) is 4. The predicted octanol–water partition coefficient (Wildman–Crippen LogP) is 0.714. The zero-order valence-electron chi connectivity index (χ0n) is 8.35. The zero-order valence-corrected chi connectivity index (χ0v) is 8.35. The highest BCUT2D eigenvalue weighted by Gasteiger charge is 2.50. The van der Waals surface area contributed by atoms with E-state index in [1.165, 1.54) is 0 Å². The van der Waals surface area contributed by atoms with Crippen molar-refractivity contribution in [2.75, 3.05) is 0 Å². The van der Waals surface area contributed by atoms with Gasteiger partial charge in [0.1, 0.15) is 0 Å². The van der Waals surface area contributed by atoms with Crippen LogP contribution in [0, 0.1) is 0 Å². The van der Waals surface area contributed by atoms with Gasteiger partial charge in [0, 0.05) is 12.8 Å². The number of aliphatic carboxylic acids is 1. The molecule has 0 amide bonds. The molecule has 1 saturated carbocycles. The molecule has 0 aromatic heterocycles. The topological polar surface area (TPSA) is 72.8 Å². The van der Waals surface area contributed by atoms with Crippen LogP contribution in [0.15, 0.2) is 0 Å². The number of carbonyl (C=O) groups is 2. The second-order valence-electron chi connectivity index (χ2n) is 4.07. The van der Waals surface area contributed by atoms with Crippen LogP contribution in [-0.4, -0.2) is 35.4 Å². The minimum absolute atomic E-state index is 0.516. The largest absolute Gasteiger partial charge is 0.479 e. The summed E-state index contributed by atoms with van der Waals surface area (Å²) in [5, 5.41) is 8.86. The summed E-state index contributed by atoms with van der Waals surface area (Å²) < 4.78 is 10.8. The molecule has 1 spiro atoms. The lowest BCUT2D eigenvalue weighted by Crippen LogP contribution is -2.34. The van der Waals surface area contributed by atoms with Crippen molar-refractivity contribution in [3.8, 4) is 0 Å². The molecule has 0 radical (unpaired) electrons. The Morgan fingerprint density at radius 3 is 2.40 bits per heavy atom. The van der Waals surface area contributed by atoms with Crippen molar-refractivity contribution in [2.24, 2.45) is 0 Å². The Balaban J connectivity index is 2.12. The van der Waals surface area contributed by atoms with Crippen LogP contribution in [0.25, 0.3) is 0 Å². The summed E-state index contributed by atoms with van der Waals surface area (Å²) in [7, 11) is 0. The van der Waals surface area contributed by atoms with Crippen LogP contribution in [0.4, 0.5) is 0 Å². The molecule has 1 aliphatic carbocycles. The maximum Gasteiger partial charge on any atom is 0.336 e. The summed E-state index contributed by atoms with van der Waals surface area (Å²) >= 11 is 0. The van der Waals surface area contributed by atoms with Crippen LogP contribution in [0.5, 0.6) is 0 Å². The van der Waals surface area contributed by atoms with E-state index in [1.807, 2.05) is 0 Å². The number of hydrogen-bond donors (Lipinski definition) is 1. The highest BCUT2D eigenvalue weighted by molar-refractivity contribution is 5.79. The molecular formula is C10H14O5. The quantitative estimate of drug-likeness (QED) is 0.685. The monoisotopic (exact) mass is 214 g/mol. The Morgan fingerprint density at radius 1 is 1.27 bits per heavy atom. The molecule has 1 aliphatic heterocycles. The normalized spacial score (nSPS) is 34.1. The molecule has 0 aromatic rings. The first-order valence-corrected chi connectivity index (χ1v) is 5.21. The fourth-order valence-electron chi connectivity index (χ4n) is 2.25. The summed E-state index contributed by atoms with van der Waals surface area (Å²) in [6.45, 7) is 0. The van der Waals surface area contributed by atoms with Gasteiger partial charge in [-0.15, -0.1) is 0 Å². The minimum atomic E-state index is -1.14. The Hall–Kier alpha value is -0.940. The van der Waals surface area contributed by atoms with Gasteiger partial charge >= 0.3 is 5.97 Å². The molecule has 84 valence electrons. The molecule has 2 atom stereocenters. The standard InChI is InChI=1S/C10H14O5/c11-6-7-8(9(12)13)15-10(14-7)4-2-1-3-5-10/h6-8H,1-5H2,(H,12,13)/t7-,8-/m1/s1. The molecule has 1 N–H and O–H groups in total. The van der Waals surface area contributed by atoms with E-state index in [0.29, 0.717) is 19.1 Å². The van der Waals surface area contributed by atoms with Crippen LogP contribution in [0.3, 0.4) is 0 Å². The first-order chi connectivity index (χ1) is 7.17. The Labute approximate surface area is 87.4 Å². The molecular weight excluding hydrogens is 200 g/mol. The summed E-state index contributed by atoms with van der Waals surface area (Å²) in [5.41, 5.74) is 0. The molecule has 1 saturated heterocycles. The van der Waals surface area contributed by atoms with Crippen molar-refractivity contribution in [1.29, 1.82) is 0 Å². The summed E-state index contributed by atoms with van der Waals surface area (Å²) in [6.07, 6.45) is 2.80. The molecule has 2 fully saturated rings. The third-order valence-corrected chi connectivity index (χ3v) is 2.98. The molecule has 5 nitrogen and oxygen atoms in total. The molecule has 15 heavy (non-hydrogen) atoms. The molecule has 5 heteroatoms. The van der Waals surface area contributed by atoms with Gasteiger partial charge in [-0.2, -0.15) is 0 Å². The number of carboxylic acid groups (broad SMARTS) is 1. The van der Waals surface area contributed by atoms with Gasteiger partial charge in [-0.25, -0.2) is 4.79 Å². The average molecular weight is 214 g/mol. The van der Waals surface area contributed by atoms with Gasteiger partial charge in [-0.3, -0.25) is 0 Å². The van der Waals surface area contributed by atoms with Crippen molar-refractivity contribution < 1.29 is 24.2 Å². The van der Waals surface area contributed by atoms with Gasteiger partial charge in [-0.1, -0.05) is 6.42 Å². The van der Waals surface area contributed by atoms with Crippen LogP contribution >= 0.6 is 0 Å². The van der Waals surface area contributed by atoms with E-state index in [9.17, 15) is 9.59 Å². The van der Waals surface area contributed by atoms with E-state index < -0.39 is 24.0 Å². The first kappa shape index (κ1) is 10.6. The van der Waals surface area contributed by atoms with E-state index >= 15 is 0 Å². The first-order valence-electron chi connectivity index (χ1n) is 5.21. The van der Waals surface area contributed by atoms with Crippen molar-refractivity contribution in [3.63, 3.8) is 0 Å². The van der Waals surface area contributed by atoms with Gasteiger partial charge in [0.2, 0.25) is 0 Å². The Bertz CT molecular complexity index is 269. The number of carbonyl (C=O) groups excluding carboxylic acids is 1. The van der Waals surface area contributed by atoms with Gasteiger partial charge in [0.25, 0.3) is 0 Å². The third kappa shape index (κ3) is 1.89. The van der Waals surface area contributed by atoms with Gasteiger partial charge < -0.3 is 19.4 Å². The smallest absolute Gasteiger partial charge is 0.336 e.